The lowest BCUT2D eigenvalue weighted by molar-refractivity contribution is 0.0817. The molecule has 0 amide bonds. The molecule has 3 heterocycles. The van der Waals surface area contributed by atoms with Crippen LogP contribution in [0.2, 0.25) is 0 Å². The Morgan fingerprint density at radius 1 is 1.20 bits per heavy atom. The summed E-state index contributed by atoms with van der Waals surface area (Å²) >= 11 is 0. The number of nitrogens with two attached hydrogens (primary N) is 1. The number of terminal acetylenes is 1. The largest absolute Gasteiger partial charge is 0.485 e. The summed E-state index contributed by atoms with van der Waals surface area (Å²) in [4.78, 5) is 19.8. The third-order valence-electron chi connectivity index (χ3n) is 6.98. The molecular weight excluding hydrogens is 644 g/mol. The number of aldehydes is 1. The minimum absolute atomic E-state index is 0.129. The van der Waals surface area contributed by atoms with Crippen molar-refractivity contribution >= 4 is 34.6 Å². The fourth-order valence-electron chi connectivity index (χ4n) is 4.69. The van der Waals surface area contributed by atoms with Gasteiger partial charge in [0.15, 0.2) is 17.9 Å². The van der Waals surface area contributed by atoms with Crippen LogP contribution in [0.5, 0.6) is 11.5 Å². The molecule has 262 valence electrons. The fourth-order valence-corrected chi connectivity index (χ4v) is 4.69. The summed E-state index contributed by atoms with van der Waals surface area (Å²) < 4.78 is 69.6. The zero-order chi connectivity index (χ0) is 35.9. The molecule has 49 heavy (non-hydrogen) atoms. The van der Waals surface area contributed by atoms with E-state index in [1.54, 1.807) is 6.92 Å². The van der Waals surface area contributed by atoms with Crippen LogP contribution >= 0.6 is 0 Å². The van der Waals surface area contributed by atoms with E-state index < -0.39 is 30.4 Å². The number of anilines is 2. The van der Waals surface area contributed by atoms with Crippen LogP contribution in [0.1, 0.15) is 43.2 Å². The number of ether oxygens (including phenoxy) is 3. The number of H-pyrrole nitrogens is 1. The minimum atomic E-state index is -2.48. The van der Waals surface area contributed by atoms with Crippen LogP contribution in [-0.2, 0) is 11.3 Å². The molecule has 0 bridgehead atoms. The Hall–Kier alpha value is -5.29. The van der Waals surface area contributed by atoms with Crippen molar-refractivity contribution in [2.24, 2.45) is 4.99 Å². The number of carbonyl (C=O) groups excluding carboxylic acids is 1. The van der Waals surface area contributed by atoms with Gasteiger partial charge in [0.2, 0.25) is 11.6 Å². The van der Waals surface area contributed by atoms with Gasteiger partial charge in [-0.2, -0.15) is 10.1 Å². The number of nitrogens with zero attached hydrogens (tertiary/aromatic N) is 4. The molecule has 2 aromatic heterocycles. The lowest BCUT2D eigenvalue weighted by atomic mass is 10.2. The second-order valence-corrected chi connectivity index (χ2v) is 10.5. The van der Waals surface area contributed by atoms with Crippen LogP contribution < -0.4 is 20.1 Å². The maximum absolute atomic E-state index is 13.7. The number of aryl methyl sites for hydroxylation is 2. The second-order valence-electron chi connectivity index (χ2n) is 10.5. The van der Waals surface area contributed by atoms with Crippen LogP contribution in [0.25, 0.3) is 10.9 Å². The summed E-state index contributed by atoms with van der Waals surface area (Å²) in [6, 6.07) is 11.1. The topological polar surface area (TPSA) is 120 Å². The van der Waals surface area contributed by atoms with Crippen molar-refractivity contribution in [1.82, 2.24) is 14.8 Å². The van der Waals surface area contributed by atoms with Gasteiger partial charge in [0.25, 0.3) is 6.43 Å². The third-order valence-corrected chi connectivity index (χ3v) is 6.98. The van der Waals surface area contributed by atoms with Gasteiger partial charge in [0, 0.05) is 48.4 Å². The van der Waals surface area contributed by atoms with Crippen LogP contribution in [0.3, 0.4) is 0 Å². The highest BCUT2D eigenvalue weighted by molar-refractivity contribution is 5.91. The first-order chi connectivity index (χ1) is 23.6. The number of morpholine rings is 1. The quantitative estimate of drug-likeness (QED) is 0.0611. The van der Waals surface area contributed by atoms with Crippen molar-refractivity contribution in [2.75, 3.05) is 43.5 Å². The molecule has 0 aliphatic carbocycles. The first-order valence-corrected chi connectivity index (χ1v) is 15.5. The van der Waals surface area contributed by atoms with E-state index in [1.807, 2.05) is 45.0 Å². The Morgan fingerprint density at radius 3 is 2.51 bits per heavy atom. The number of hydrogen-bond donors (Lipinski definition) is 2. The molecule has 1 fully saturated rings. The zero-order valence-corrected chi connectivity index (χ0v) is 27.8. The van der Waals surface area contributed by atoms with Gasteiger partial charge in [-0.05, 0) is 50.6 Å². The molecule has 4 aromatic rings. The van der Waals surface area contributed by atoms with E-state index in [4.69, 9.17) is 26.4 Å². The number of allylic oxidation sites excluding steroid dienone is 1. The average molecular weight is 685 g/mol. The predicted molar refractivity (Wildman–Crippen MR) is 183 cm³/mol. The first-order valence-electron chi connectivity index (χ1n) is 15.5. The van der Waals surface area contributed by atoms with E-state index in [9.17, 15) is 22.4 Å². The number of hydrogen-bond acceptors (Lipinski definition) is 8. The van der Waals surface area contributed by atoms with Gasteiger partial charge >= 0.3 is 0 Å². The number of benzene rings is 2. The number of nitrogen functional groups attached to an aromatic ring is 1. The third kappa shape index (κ3) is 10.9. The molecular formula is C35H40F4N6O4. The van der Waals surface area contributed by atoms with Crippen molar-refractivity contribution in [2.45, 2.75) is 47.1 Å². The number of alkyl halides is 2. The SMILES string of the molecule is C#CN=C(/C=C(/C)CCn1ncc(C=O)c1N)Oc1c(F)cccc1F.CC.Cc1cc2cc(OCC(F)F)c(N3CCOCC3)cc2[nH]1. The van der Waals surface area contributed by atoms with Crippen LogP contribution in [-0.4, -0.2) is 66.3 Å². The molecule has 3 N–H and O–H groups in total. The number of aromatic nitrogens is 3. The van der Waals surface area contributed by atoms with E-state index in [2.05, 4.69) is 20.0 Å². The molecule has 0 saturated carbocycles. The summed E-state index contributed by atoms with van der Waals surface area (Å²) in [6.07, 6.45) is 6.59. The Morgan fingerprint density at radius 2 is 1.90 bits per heavy atom. The number of aromatic amines is 1. The maximum atomic E-state index is 13.7. The molecule has 0 unspecified atom stereocenters. The van der Waals surface area contributed by atoms with E-state index in [0.29, 0.717) is 43.8 Å². The molecule has 5 rings (SSSR count). The summed E-state index contributed by atoms with van der Waals surface area (Å²) in [5.41, 5.74) is 9.69. The van der Waals surface area contributed by atoms with Crippen molar-refractivity contribution in [3.8, 4) is 24.0 Å². The molecule has 1 aliphatic rings. The van der Waals surface area contributed by atoms with Crippen molar-refractivity contribution in [1.29, 1.82) is 0 Å². The number of aliphatic imine (C=N–C) groups is 1. The number of fused-ring (bicyclic) bond motifs is 1. The summed E-state index contributed by atoms with van der Waals surface area (Å²) in [5, 5.41) is 4.97. The molecule has 1 aliphatic heterocycles. The Labute approximate surface area is 282 Å². The van der Waals surface area contributed by atoms with Gasteiger partial charge in [-0.25, -0.2) is 22.2 Å². The van der Waals surface area contributed by atoms with E-state index in [0.717, 1.165) is 53.1 Å². The Balaban J connectivity index is 0.000000257. The monoisotopic (exact) mass is 684 g/mol. The number of para-hydroxylation sites is 1. The van der Waals surface area contributed by atoms with Gasteiger partial charge in [-0.3, -0.25) is 4.79 Å². The van der Waals surface area contributed by atoms with Gasteiger partial charge in [0.1, 0.15) is 18.2 Å². The molecule has 0 radical (unpaired) electrons. The smallest absolute Gasteiger partial charge is 0.272 e. The number of carbonyl (C=O) groups is 1. The fraction of sp³-hybridized carbons (Fsp3) is 0.343. The van der Waals surface area contributed by atoms with Gasteiger partial charge in [0.05, 0.1) is 30.7 Å². The molecule has 10 nitrogen and oxygen atoms in total. The molecule has 0 spiro atoms. The highest BCUT2D eigenvalue weighted by atomic mass is 19.3. The number of rotatable bonds is 10. The lowest BCUT2D eigenvalue weighted by Crippen LogP contribution is -2.36. The maximum Gasteiger partial charge on any atom is 0.272 e. The highest BCUT2D eigenvalue weighted by Crippen LogP contribution is 2.34. The van der Waals surface area contributed by atoms with Crippen LogP contribution in [0, 0.1) is 31.0 Å². The highest BCUT2D eigenvalue weighted by Gasteiger charge is 2.19. The Bertz CT molecular complexity index is 1770. The average Bonchev–Trinajstić information content (AvgIpc) is 3.65. The second kappa shape index (κ2) is 18.9. The van der Waals surface area contributed by atoms with E-state index >= 15 is 0 Å². The van der Waals surface area contributed by atoms with Crippen molar-refractivity contribution in [3.63, 3.8) is 0 Å². The molecule has 14 heteroatoms. The predicted octanol–water partition coefficient (Wildman–Crippen LogP) is 6.94. The molecule has 0 atom stereocenters. The minimum Gasteiger partial charge on any atom is -0.485 e. The van der Waals surface area contributed by atoms with Crippen molar-refractivity contribution < 1.29 is 36.6 Å². The van der Waals surface area contributed by atoms with Crippen molar-refractivity contribution in [3.05, 3.63) is 77.1 Å². The van der Waals surface area contributed by atoms with E-state index in [1.165, 1.54) is 23.0 Å². The zero-order valence-electron chi connectivity index (χ0n) is 27.8. The molecule has 2 aromatic carbocycles. The van der Waals surface area contributed by atoms with Gasteiger partial charge < -0.3 is 29.8 Å². The van der Waals surface area contributed by atoms with Gasteiger partial charge in [-0.1, -0.05) is 31.9 Å². The Kier molecular flexibility index (Phi) is 14.7. The normalized spacial score (nSPS) is 13.3. The lowest BCUT2D eigenvalue weighted by Gasteiger charge is -2.30. The van der Waals surface area contributed by atoms with Crippen LogP contribution in [0.4, 0.5) is 29.1 Å². The summed E-state index contributed by atoms with van der Waals surface area (Å²) in [5.74, 6) is -1.69. The summed E-state index contributed by atoms with van der Waals surface area (Å²) in [6.45, 7) is 10.3. The first kappa shape index (κ1) is 38.2. The van der Waals surface area contributed by atoms with Gasteiger partial charge in [-0.15, -0.1) is 0 Å². The number of halogens is 4. The summed E-state index contributed by atoms with van der Waals surface area (Å²) in [7, 11) is 0. The standard InChI is InChI=1S/C18H16F2N4O2.C15H18F2N2O2.C2H6/c1-3-22-16(26-17-14(19)5-4-6-15(17)20)9-12(2)7-8-24-18(21)13(11-25)10-23-24;1-10-6-11-7-14(21-9-15(16)17)13(8-12(11)18-10)19-2-4-20-5-3-19;1-2/h1,4-6,9-11H,7-8,21H2,2H3;6-8,15,18H,2-5,9H2,1H3;1-2H3/b12-9-,22-16?;;. The van der Waals surface area contributed by atoms with E-state index in [-0.39, 0.29) is 11.7 Å². The van der Waals surface area contributed by atoms with Crippen LogP contribution in [0.15, 0.2) is 59.2 Å². The number of nitrogens with one attached hydrogen (secondary N) is 1. The molecule has 1 saturated heterocycles.